The van der Waals surface area contributed by atoms with E-state index in [0.717, 1.165) is 24.9 Å². The molecule has 5 nitrogen and oxygen atoms in total. The van der Waals surface area contributed by atoms with Crippen molar-refractivity contribution in [3.8, 4) is 0 Å². The number of hydrogen-bond acceptors (Lipinski definition) is 4. The van der Waals surface area contributed by atoms with Crippen molar-refractivity contribution in [2.45, 2.75) is 32.7 Å². The number of benzene rings is 1. The normalized spacial score (nSPS) is 20.7. The summed E-state index contributed by atoms with van der Waals surface area (Å²) in [5.41, 5.74) is 5.99. The van der Waals surface area contributed by atoms with Crippen LogP contribution < -0.4 is 5.73 Å². The maximum atomic E-state index is 12.1. The number of rotatable bonds is 5. The number of nitrogens with zero attached hydrogens (tertiary/aromatic N) is 1. The van der Waals surface area contributed by atoms with Gasteiger partial charge in [0, 0.05) is 6.54 Å². The van der Waals surface area contributed by atoms with Crippen LogP contribution in [0.2, 0.25) is 0 Å². The molecule has 23 heavy (non-hydrogen) atoms. The predicted molar refractivity (Wildman–Crippen MR) is 88.5 cm³/mol. The molecular formula is C18H26N2O3. The van der Waals surface area contributed by atoms with Gasteiger partial charge in [-0.2, -0.15) is 0 Å². The van der Waals surface area contributed by atoms with Crippen LogP contribution in [0.4, 0.5) is 0 Å². The SMILES string of the molecule is COC(=O)C(C)(C)[C@H]1CCCN([C@@H](C(N)=O)c2ccccc2)C1. The van der Waals surface area contributed by atoms with Crippen LogP contribution in [0.5, 0.6) is 0 Å². The monoisotopic (exact) mass is 318 g/mol. The number of carbonyl (C=O) groups is 2. The van der Waals surface area contributed by atoms with Gasteiger partial charge in [0.05, 0.1) is 12.5 Å². The zero-order valence-corrected chi connectivity index (χ0v) is 14.1. The molecule has 2 rings (SSSR count). The molecule has 1 saturated heterocycles. The van der Waals surface area contributed by atoms with Crippen molar-refractivity contribution in [2.24, 2.45) is 17.1 Å². The molecule has 0 bridgehead atoms. The standard InChI is InChI=1S/C18H26N2O3/c1-18(2,17(22)23-3)14-10-7-11-20(12-14)15(16(19)21)13-8-5-4-6-9-13/h4-6,8-9,14-15H,7,10-12H2,1-3H3,(H2,19,21)/t14-,15+/m0/s1. The highest BCUT2D eigenvalue weighted by Gasteiger charge is 2.42. The third-order valence-corrected chi connectivity index (χ3v) is 4.93. The third kappa shape index (κ3) is 3.72. The number of methoxy groups -OCH3 is 1. The zero-order valence-electron chi connectivity index (χ0n) is 14.1. The van der Waals surface area contributed by atoms with Crippen molar-refractivity contribution in [1.82, 2.24) is 4.90 Å². The Kier molecular flexibility index (Phi) is 5.42. The highest BCUT2D eigenvalue weighted by Crippen LogP contribution is 2.37. The van der Waals surface area contributed by atoms with Gasteiger partial charge in [-0.1, -0.05) is 30.3 Å². The molecule has 1 amide bonds. The van der Waals surface area contributed by atoms with E-state index in [4.69, 9.17) is 10.5 Å². The number of ether oxygens (including phenoxy) is 1. The van der Waals surface area contributed by atoms with Crippen molar-refractivity contribution < 1.29 is 14.3 Å². The van der Waals surface area contributed by atoms with Crippen LogP contribution in [0.25, 0.3) is 0 Å². The van der Waals surface area contributed by atoms with Gasteiger partial charge < -0.3 is 10.5 Å². The molecule has 5 heteroatoms. The van der Waals surface area contributed by atoms with E-state index in [9.17, 15) is 9.59 Å². The van der Waals surface area contributed by atoms with Crippen molar-refractivity contribution in [3.63, 3.8) is 0 Å². The number of likely N-dealkylation sites (tertiary alicyclic amines) is 1. The Labute approximate surface area is 137 Å². The van der Waals surface area contributed by atoms with E-state index in [1.54, 1.807) is 0 Å². The topological polar surface area (TPSA) is 72.6 Å². The van der Waals surface area contributed by atoms with Crippen LogP contribution >= 0.6 is 0 Å². The number of esters is 1. The average Bonchev–Trinajstić information content (AvgIpc) is 2.55. The van der Waals surface area contributed by atoms with Crippen LogP contribution in [0.3, 0.4) is 0 Å². The lowest BCUT2D eigenvalue weighted by molar-refractivity contribution is -0.155. The number of nitrogens with two attached hydrogens (primary N) is 1. The second-order valence-electron chi connectivity index (χ2n) is 6.76. The van der Waals surface area contributed by atoms with E-state index in [-0.39, 0.29) is 17.8 Å². The van der Waals surface area contributed by atoms with E-state index >= 15 is 0 Å². The Morgan fingerprint density at radius 3 is 2.52 bits per heavy atom. The first-order valence-corrected chi connectivity index (χ1v) is 8.04. The van der Waals surface area contributed by atoms with E-state index in [2.05, 4.69) is 4.90 Å². The summed E-state index contributed by atoms with van der Waals surface area (Å²) in [5.74, 6) is -0.429. The summed E-state index contributed by atoms with van der Waals surface area (Å²) in [6.07, 6.45) is 1.88. The number of piperidine rings is 1. The smallest absolute Gasteiger partial charge is 0.311 e. The molecule has 1 aromatic carbocycles. The average molecular weight is 318 g/mol. The lowest BCUT2D eigenvalue weighted by Gasteiger charge is -2.42. The summed E-state index contributed by atoms with van der Waals surface area (Å²) in [6, 6.07) is 9.12. The first-order chi connectivity index (χ1) is 10.9. The lowest BCUT2D eigenvalue weighted by Crippen LogP contribution is -2.48. The van der Waals surface area contributed by atoms with Gasteiger partial charge in [-0.15, -0.1) is 0 Å². The van der Waals surface area contributed by atoms with Crippen molar-refractivity contribution in [2.75, 3.05) is 20.2 Å². The summed E-state index contributed by atoms with van der Waals surface area (Å²) in [4.78, 5) is 26.2. The largest absolute Gasteiger partial charge is 0.469 e. The highest BCUT2D eigenvalue weighted by atomic mass is 16.5. The van der Waals surface area contributed by atoms with E-state index in [1.165, 1.54) is 7.11 Å². The molecule has 2 N–H and O–H groups in total. The summed E-state index contributed by atoms with van der Waals surface area (Å²) in [7, 11) is 1.42. The van der Waals surface area contributed by atoms with Gasteiger partial charge in [0.25, 0.3) is 0 Å². The molecule has 1 heterocycles. The summed E-state index contributed by atoms with van der Waals surface area (Å²) < 4.78 is 4.95. The van der Waals surface area contributed by atoms with Crippen molar-refractivity contribution in [3.05, 3.63) is 35.9 Å². The minimum atomic E-state index is -0.577. The molecule has 126 valence electrons. The minimum Gasteiger partial charge on any atom is -0.469 e. The van der Waals surface area contributed by atoms with Gasteiger partial charge in [-0.05, 0) is 44.7 Å². The van der Waals surface area contributed by atoms with Gasteiger partial charge in [0.1, 0.15) is 6.04 Å². The quantitative estimate of drug-likeness (QED) is 0.844. The molecule has 0 aliphatic carbocycles. The Morgan fingerprint density at radius 1 is 1.30 bits per heavy atom. The van der Waals surface area contributed by atoms with Crippen molar-refractivity contribution >= 4 is 11.9 Å². The first kappa shape index (κ1) is 17.5. The number of hydrogen-bond donors (Lipinski definition) is 1. The van der Waals surface area contributed by atoms with Gasteiger partial charge >= 0.3 is 5.97 Å². The van der Waals surface area contributed by atoms with Crippen LogP contribution in [-0.4, -0.2) is 37.0 Å². The molecule has 0 radical (unpaired) electrons. The molecule has 0 unspecified atom stereocenters. The molecule has 1 aliphatic rings. The fourth-order valence-electron chi connectivity index (χ4n) is 3.45. The zero-order chi connectivity index (χ0) is 17.0. The predicted octanol–water partition coefficient (Wildman–Crippen LogP) is 2.12. The molecule has 1 fully saturated rings. The summed E-state index contributed by atoms with van der Waals surface area (Å²) in [6.45, 7) is 5.28. The Bertz CT molecular complexity index is 557. The lowest BCUT2D eigenvalue weighted by atomic mass is 9.74. The van der Waals surface area contributed by atoms with Crippen LogP contribution in [-0.2, 0) is 14.3 Å². The number of amides is 1. The fraction of sp³-hybridized carbons (Fsp3) is 0.556. The van der Waals surface area contributed by atoms with Gasteiger partial charge in [0.15, 0.2) is 0 Å². The summed E-state index contributed by atoms with van der Waals surface area (Å²) in [5, 5.41) is 0. The van der Waals surface area contributed by atoms with E-state index in [0.29, 0.717) is 6.54 Å². The van der Waals surface area contributed by atoms with E-state index < -0.39 is 11.5 Å². The van der Waals surface area contributed by atoms with Crippen LogP contribution in [0.15, 0.2) is 30.3 Å². The molecule has 0 spiro atoms. The second kappa shape index (κ2) is 7.13. The number of carbonyl (C=O) groups excluding carboxylic acids is 2. The summed E-state index contributed by atoms with van der Waals surface area (Å²) >= 11 is 0. The molecule has 0 aromatic heterocycles. The highest BCUT2D eigenvalue weighted by molar-refractivity contribution is 5.81. The van der Waals surface area contributed by atoms with Gasteiger partial charge in [-0.25, -0.2) is 0 Å². The Morgan fingerprint density at radius 2 is 1.96 bits per heavy atom. The van der Waals surface area contributed by atoms with E-state index in [1.807, 2.05) is 44.2 Å². The molecule has 1 aromatic rings. The maximum absolute atomic E-state index is 12.1. The maximum Gasteiger partial charge on any atom is 0.311 e. The van der Waals surface area contributed by atoms with Crippen LogP contribution in [0.1, 0.15) is 38.3 Å². The molecular weight excluding hydrogens is 292 g/mol. The molecule has 2 atom stereocenters. The fourth-order valence-corrected chi connectivity index (χ4v) is 3.45. The molecule has 0 saturated carbocycles. The second-order valence-corrected chi connectivity index (χ2v) is 6.76. The first-order valence-electron chi connectivity index (χ1n) is 8.04. The van der Waals surface area contributed by atoms with Crippen molar-refractivity contribution in [1.29, 1.82) is 0 Å². The van der Waals surface area contributed by atoms with Gasteiger partial charge in [0.2, 0.25) is 5.91 Å². The third-order valence-electron chi connectivity index (χ3n) is 4.93. The molecule has 1 aliphatic heterocycles. The Balaban J connectivity index is 2.22. The van der Waals surface area contributed by atoms with Crippen LogP contribution in [0, 0.1) is 11.3 Å². The van der Waals surface area contributed by atoms with Gasteiger partial charge in [-0.3, -0.25) is 14.5 Å². The number of primary amides is 1. The minimum absolute atomic E-state index is 0.134. The Hall–Kier alpha value is -1.88.